The van der Waals surface area contributed by atoms with Crippen LogP contribution in [0.5, 0.6) is 0 Å². The van der Waals surface area contributed by atoms with Crippen LogP contribution in [-0.4, -0.2) is 31.5 Å². The molecule has 0 saturated heterocycles. The molecule has 0 spiro atoms. The lowest BCUT2D eigenvalue weighted by Gasteiger charge is -2.37. The van der Waals surface area contributed by atoms with Crippen LogP contribution in [0.25, 0.3) is 0 Å². The highest BCUT2D eigenvalue weighted by molar-refractivity contribution is 5.46. The molecule has 0 aliphatic heterocycles. The lowest BCUT2D eigenvalue weighted by atomic mass is 9.69. The van der Waals surface area contributed by atoms with Gasteiger partial charge >= 0.3 is 0 Å². The van der Waals surface area contributed by atoms with Crippen molar-refractivity contribution in [2.24, 2.45) is 5.41 Å². The molecule has 124 valence electrons. The van der Waals surface area contributed by atoms with Crippen LogP contribution >= 0.6 is 0 Å². The summed E-state index contributed by atoms with van der Waals surface area (Å²) in [5, 5.41) is 8.71. The first-order chi connectivity index (χ1) is 11.1. The van der Waals surface area contributed by atoms with Crippen molar-refractivity contribution in [3.8, 4) is 0 Å². The Labute approximate surface area is 138 Å². The zero-order chi connectivity index (χ0) is 16.3. The monoisotopic (exact) mass is 314 g/mol. The van der Waals surface area contributed by atoms with E-state index in [0.29, 0.717) is 19.8 Å². The molecule has 0 amide bonds. The number of ether oxygens (including phenoxy) is 2. The largest absolute Gasteiger partial charge is 0.495 e. The molecule has 2 aliphatic carbocycles. The summed E-state index contributed by atoms with van der Waals surface area (Å²) in [4.78, 5) is 0. The molecule has 2 aliphatic rings. The molecule has 1 N–H and O–H groups in total. The maximum absolute atomic E-state index is 8.71. The van der Waals surface area contributed by atoms with E-state index in [2.05, 4.69) is 44.2 Å². The second kappa shape index (κ2) is 6.90. The highest BCUT2D eigenvalue weighted by atomic mass is 16.5. The van der Waals surface area contributed by atoms with Crippen LogP contribution in [-0.2, 0) is 22.3 Å². The molecule has 0 saturated carbocycles. The van der Waals surface area contributed by atoms with Crippen molar-refractivity contribution < 1.29 is 14.6 Å². The molecule has 1 aromatic rings. The summed E-state index contributed by atoms with van der Waals surface area (Å²) in [6.45, 7) is 6.06. The van der Waals surface area contributed by atoms with Gasteiger partial charge in [-0.15, -0.1) is 0 Å². The Morgan fingerprint density at radius 3 is 2.48 bits per heavy atom. The molecule has 0 unspecified atom stereocenters. The molecule has 3 nitrogen and oxygen atoms in total. The Balaban J connectivity index is 1.67. The molecule has 1 aromatic carbocycles. The quantitative estimate of drug-likeness (QED) is 0.646. The minimum atomic E-state index is 0.0441. The van der Waals surface area contributed by atoms with Gasteiger partial charge in [-0.25, -0.2) is 0 Å². The zero-order valence-corrected chi connectivity index (χ0v) is 14.1. The van der Waals surface area contributed by atoms with E-state index in [1.165, 1.54) is 16.7 Å². The number of aliphatic hydroxyl groups excluding tert-OH is 1. The zero-order valence-electron chi connectivity index (χ0n) is 14.1. The lowest BCUT2D eigenvalue weighted by molar-refractivity contribution is 0.0517. The summed E-state index contributed by atoms with van der Waals surface area (Å²) < 4.78 is 11.2. The first-order valence-electron chi connectivity index (χ1n) is 8.41. The van der Waals surface area contributed by atoms with Gasteiger partial charge in [0.1, 0.15) is 6.61 Å². The second-order valence-corrected chi connectivity index (χ2v) is 6.90. The average Bonchev–Trinajstić information content (AvgIpc) is 2.53. The molecule has 3 heteroatoms. The molecule has 0 heterocycles. The fraction of sp³-hybridized carbons (Fsp3) is 0.500. The third-order valence-electron chi connectivity index (χ3n) is 4.75. The van der Waals surface area contributed by atoms with Crippen LogP contribution in [0.4, 0.5) is 0 Å². The Hall–Kier alpha value is -1.58. The molecular weight excluding hydrogens is 288 g/mol. The van der Waals surface area contributed by atoms with Gasteiger partial charge in [0.15, 0.2) is 0 Å². The summed E-state index contributed by atoms with van der Waals surface area (Å²) in [7, 11) is 0. The number of benzene rings is 1. The summed E-state index contributed by atoms with van der Waals surface area (Å²) in [6, 6.07) is 8.76. The van der Waals surface area contributed by atoms with Crippen molar-refractivity contribution in [3.05, 3.63) is 58.4 Å². The average molecular weight is 314 g/mol. The SMILES string of the molecule is CC1(C)C=C(OCCOCCO)CC2=C1Cc1ccccc1C2. The predicted octanol–water partition coefficient (Wildman–Crippen LogP) is 3.42. The third kappa shape index (κ3) is 3.67. The van der Waals surface area contributed by atoms with Crippen molar-refractivity contribution >= 4 is 0 Å². The van der Waals surface area contributed by atoms with E-state index in [1.54, 1.807) is 5.57 Å². The maximum atomic E-state index is 8.71. The first kappa shape index (κ1) is 16.3. The van der Waals surface area contributed by atoms with E-state index in [0.717, 1.165) is 25.0 Å². The number of fused-ring (bicyclic) bond motifs is 1. The smallest absolute Gasteiger partial charge is 0.111 e. The second-order valence-electron chi connectivity index (χ2n) is 6.90. The van der Waals surface area contributed by atoms with Crippen molar-refractivity contribution in [1.29, 1.82) is 0 Å². The van der Waals surface area contributed by atoms with Gasteiger partial charge in [-0.1, -0.05) is 49.3 Å². The predicted molar refractivity (Wildman–Crippen MR) is 91.2 cm³/mol. The van der Waals surface area contributed by atoms with Gasteiger partial charge in [0, 0.05) is 11.8 Å². The van der Waals surface area contributed by atoms with Crippen molar-refractivity contribution in [1.82, 2.24) is 0 Å². The van der Waals surface area contributed by atoms with Crippen molar-refractivity contribution in [2.45, 2.75) is 33.1 Å². The molecule has 0 aromatic heterocycles. The fourth-order valence-corrected chi connectivity index (χ4v) is 3.65. The van der Waals surface area contributed by atoms with Gasteiger partial charge in [0.05, 0.1) is 25.6 Å². The number of hydrogen-bond donors (Lipinski definition) is 1. The van der Waals surface area contributed by atoms with E-state index in [4.69, 9.17) is 14.6 Å². The molecular formula is C20H26O3. The Morgan fingerprint density at radius 1 is 1.00 bits per heavy atom. The van der Waals surface area contributed by atoms with E-state index in [1.807, 2.05) is 0 Å². The van der Waals surface area contributed by atoms with E-state index < -0.39 is 0 Å². The van der Waals surface area contributed by atoms with Crippen LogP contribution in [0.1, 0.15) is 31.4 Å². The summed E-state index contributed by atoms with van der Waals surface area (Å²) >= 11 is 0. The normalized spacial score (nSPS) is 19.0. The minimum absolute atomic E-state index is 0.0441. The van der Waals surface area contributed by atoms with Gasteiger partial charge in [0.2, 0.25) is 0 Å². The van der Waals surface area contributed by atoms with Gasteiger partial charge in [0.25, 0.3) is 0 Å². The highest BCUT2D eigenvalue weighted by Crippen LogP contribution is 2.44. The summed E-state index contributed by atoms with van der Waals surface area (Å²) in [6.07, 6.45) is 5.28. The van der Waals surface area contributed by atoms with Crippen molar-refractivity contribution in [2.75, 3.05) is 26.4 Å². The topological polar surface area (TPSA) is 38.7 Å². The highest BCUT2D eigenvalue weighted by Gasteiger charge is 2.32. The number of rotatable bonds is 6. The standard InChI is InChI=1S/C20H26O3/c1-20(2)14-18(23-10-9-22-8-7-21)12-17-11-15-5-3-4-6-16(15)13-19(17)20/h3-6,14,21H,7-13H2,1-2H3. The first-order valence-corrected chi connectivity index (χ1v) is 8.41. The number of hydrogen-bond acceptors (Lipinski definition) is 3. The van der Waals surface area contributed by atoms with Gasteiger partial charge < -0.3 is 14.6 Å². The maximum Gasteiger partial charge on any atom is 0.111 e. The summed E-state index contributed by atoms with van der Waals surface area (Å²) in [5.74, 6) is 1.06. The van der Waals surface area contributed by atoms with Gasteiger partial charge in [-0.2, -0.15) is 0 Å². The van der Waals surface area contributed by atoms with Gasteiger partial charge in [-0.05, 0) is 30.0 Å². The van der Waals surface area contributed by atoms with Crippen LogP contribution in [0.15, 0.2) is 47.2 Å². The number of aliphatic hydroxyl groups is 1. The van der Waals surface area contributed by atoms with Crippen molar-refractivity contribution in [3.63, 3.8) is 0 Å². The van der Waals surface area contributed by atoms with Crippen LogP contribution < -0.4 is 0 Å². The molecule has 0 atom stereocenters. The van der Waals surface area contributed by atoms with Crippen LogP contribution in [0.2, 0.25) is 0 Å². The Bertz CT molecular complexity index is 626. The third-order valence-corrected chi connectivity index (χ3v) is 4.75. The Morgan fingerprint density at radius 2 is 1.74 bits per heavy atom. The van der Waals surface area contributed by atoms with E-state index in [-0.39, 0.29) is 12.0 Å². The molecule has 0 bridgehead atoms. The van der Waals surface area contributed by atoms with E-state index in [9.17, 15) is 0 Å². The van der Waals surface area contributed by atoms with Crippen LogP contribution in [0, 0.1) is 5.41 Å². The van der Waals surface area contributed by atoms with Gasteiger partial charge in [-0.3, -0.25) is 0 Å². The fourth-order valence-electron chi connectivity index (χ4n) is 3.65. The van der Waals surface area contributed by atoms with Crippen LogP contribution in [0.3, 0.4) is 0 Å². The Kier molecular flexibility index (Phi) is 4.88. The minimum Gasteiger partial charge on any atom is -0.495 e. The van der Waals surface area contributed by atoms with E-state index >= 15 is 0 Å². The molecule has 23 heavy (non-hydrogen) atoms. The summed E-state index contributed by atoms with van der Waals surface area (Å²) in [5.41, 5.74) is 6.04. The molecule has 0 fully saturated rings. The number of allylic oxidation sites excluding steroid dienone is 3. The molecule has 0 radical (unpaired) electrons. The molecule has 3 rings (SSSR count). The lowest BCUT2D eigenvalue weighted by Crippen LogP contribution is -2.25.